The minimum Gasteiger partial charge on any atom is -0.353 e. The van der Waals surface area contributed by atoms with E-state index in [0.29, 0.717) is 10.0 Å². The van der Waals surface area contributed by atoms with Crippen LogP contribution in [0.4, 0.5) is 0 Å². The molecular weight excluding hydrogens is 397 g/mol. The summed E-state index contributed by atoms with van der Waals surface area (Å²) in [7, 11) is 0. The number of benzene rings is 2. The molecule has 1 aliphatic carbocycles. The van der Waals surface area contributed by atoms with Gasteiger partial charge in [0.2, 0.25) is 5.91 Å². The Morgan fingerprint density at radius 1 is 1.17 bits per heavy atom. The number of carbonyl (C=O) groups is 1. The van der Waals surface area contributed by atoms with E-state index in [-0.39, 0.29) is 18.4 Å². The summed E-state index contributed by atoms with van der Waals surface area (Å²) in [5, 5.41) is 4.28. The lowest BCUT2D eigenvalue weighted by Gasteiger charge is -2.26. The van der Waals surface area contributed by atoms with Gasteiger partial charge in [-0.3, -0.25) is 4.79 Å². The van der Waals surface area contributed by atoms with Gasteiger partial charge in [0.25, 0.3) is 0 Å². The number of rotatable bonds is 3. The van der Waals surface area contributed by atoms with Crippen molar-refractivity contribution in [3.63, 3.8) is 0 Å². The van der Waals surface area contributed by atoms with E-state index in [1.807, 2.05) is 0 Å². The second kappa shape index (κ2) is 7.25. The average molecular weight is 413 g/mol. The van der Waals surface area contributed by atoms with Gasteiger partial charge in [0, 0.05) is 20.6 Å². The molecule has 2 aromatic rings. The van der Waals surface area contributed by atoms with Crippen LogP contribution < -0.4 is 5.32 Å². The number of aryl methyl sites for hydroxylation is 1. The fourth-order valence-electron chi connectivity index (χ4n) is 2.98. The first-order chi connectivity index (χ1) is 11.0. The van der Waals surface area contributed by atoms with Crippen LogP contribution in [0.2, 0.25) is 10.0 Å². The van der Waals surface area contributed by atoms with E-state index >= 15 is 0 Å². The van der Waals surface area contributed by atoms with Gasteiger partial charge in [0.05, 0.1) is 6.42 Å². The highest BCUT2D eigenvalue weighted by atomic mass is 79.9. The first-order valence-electron chi connectivity index (χ1n) is 7.52. The van der Waals surface area contributed by atoms with Crippen molar-refractivity contribution >= 4 is 45.0 Å². The number of halogens is 3. The van der Waals surface area contributed by atoms with E-state index in [0.717, 1.165) is 29.3 Å². The fraction of sp³-hybridized carbons (Fsp3) is 0.278. The zero-order valence-electron chi connectivity index (χ0n) is 12.4. The van der Waals surface area contributed by atoms with Crippen molar-refractivity contribution in [3.05, 3.63) is 67.6 Å². The molecule has 0 saturated carbocycles. The fourth-order valence-corrected chi connectivity index (χ4v) is 3.77. The summed E-state index contributed by atoms with van der Waals surface area (Å²) in [6, 6.07) is 11.7. The highest BCUT2D eigenvalue weighted by Gasteiger charge is 2.20. The molecule has 0 fully saturated rings. The second-order valence-electron chi connectivity index (χ2n) is 5.83. The maximum Gasteiger partial charge on any atom is 0.224 e. The van der Waals surface area contributed by atoms with Gasteiger partial charge in [-0.15, -0.1) is 0 Å². The number of carbonyl (C=O) groups excluding carboxylic acids is 1. The van der Waals surface area contributed by atoms with Crippen molar-refractivity contribution < 1.29 is 4.79 Å². The average Bonchev–Trinajstić information content (AvgIpc) is 2.50. The minimum absolute atomic E-state index is 0.0161. The Kier molecular flexibility index (Phi) is 5.30. The Bertz CT molecular complexity index is 748. The van der Waals surface area contributed by atoms with Crippen LogP contribution in [-0.2, 0) is 24.1 Å². The first-order valence-corrected chi connectivity index (χ1v) is 9.07. The largest absolute Gasteiger partial charge is 0.353 e. The molecule has 1 atom stereocenters. The molecule has 120 valence electrons. The molecule has 0 bridgehead atoms. The van der Waals surface area contributed by atoms with Crippen molar-refractivity contribution in [1.29, 1.82) is 0 Å². The van der Waals surface area contributed by atoms with Crippen LogP contribution in [0.15, 0.2) is 40.9 Å². The van der Waals surface area contributed by atoms with Crippen LogP contribution in [0.5, 0.6) is 0 Å². The van der Waals surface area contributed by atoms with Crippen LogP contribution in [0, 0.1) is 0 Å². The van der Waals surface area contributed by atoms with Gasteiger partial charge in [-0.05, 0) is 66.3 Å². The molecule has 2 nitrogen and oxygen atoms in total. The molecular formula is C18H16BrCl2NO. The molecule has 23 heavy (non-hydrogen) atoms. The predicted molar refractivity (Wildman–Crippen MR) is 98.3 cm³/mol. The van der Waals surface area contributed by atoms with E-state index in [4.69, 9.17) is 23.2 Å². The Hall–Kier alpha value is -1.03. The van der Waals surface area contributed by atoms with Gasteiger partial charge >= 0.3 is 0 Å². The molecule has 1 N–H and O–H groups in total. The van der Waals surface area contributed by atoms with E-state index in [9.17, 15) is 4.79 Å². The maximum atomic E-state index is 12.3. The molecule has 1 aliphatic rings. The summed E-state index contributed by atoms with van der Waals surface area (Å²) in [5.74, 6) is -0.0161. The maximum absolute atomic E-state index is 12.3. The van der Waals surface area contributed by atoms with Crippen molar-refractivity contribution in [2.45, 2.75) is 31.7 Å². The monoisotopic (exact) mass is 411 g/mol. The Balaban J connectivity index is 1.64. The topological polar surface area (TPSA) is 29.1 Å². The molecule has 5 heteroatoms. The third-order valence-corrected chi connectivity index (χ3v) is 5.22. The second-order valence-corrected chi connectivity index (χ2v) is 7.59. The number of amides is 1. The number of nitrogens with one attached hydrogen (secondary N) is 1. The van der Waals surface area contributed by atoms with Crippen molar-refractivity contribution in [2.75, 3.05) is 0 Å². The summed E-state index contributed by atoms with van der Waals surface area (Å²) in [6.45, 7) is 0. The Morgan fingerprint density at radius 3 is 2.83 bits per heavy atom. The van der Waals surface area contributed by atoms with E-state index in [1.54, 1.807) is 18.2 Å². The summed E-state index contributed by atoms with van der Waals surface area (Å²) < 4.78 is 1.08. The Morgan fingerprint density at radius 2 is 2.00 bits per heavy atom. The highest BCUT2D eigenvalue weighted by molar-refractivity contribution is 9.10. The summed E-state index contributed by atoms with van der Waals surface area (Å²) in [5.41, 5.74) is 3.43. The third kappa shape index (κ3) is 4.28. The van der Waals surface area contributed by atoms with Crippen molar-refractivity contribution in [1.82, 2.24) is 5.32 Å². The molecule has 0 aliphatic heterocycles. The lowest BCUT2D eigenvalue weighted by Crippen LogP contribution is -2.39. The smallest absolute Gasteiger partial charge is 0.224 e. The Labute approximate surface area is 154 Å². The summed E-state index contributed by atoms with van der Waals surface area (Å²) in [6.07, 6.45) is 3.07. The molecule has 3 rings (SSSR count). The lowest BCUT2D eigenvalue weighted by atomic mass is 9.88. The number of hydrogen-bond donors (Lipinski definition) is 1. The molecule has 0 spiro atoms. The quantitative estimate of drug-likeness (QED) is 0.757. The van der Waals surface area contributed by atoms with Gasteiger partial charge in [-0.25, -0.2) is 0 Å². The molecule has 0 heterocycles. The summed E-state index contributed by atoms with van der Waals surface area (Å²) >= 11 is 15.6. The lowest BCUT2D eigenvalue weighted by molar-refractivity contribution is -0.121. The molecule has 0 aromatic heterocycles. The minimum atomic E-state index is -0.0161. The van der Waals surface area contributed by atoms with Crippen LogP contribution in [-0.4, -0.2) is 11.9 Å². The number of fused-ring (bicyclic) bond motifs is 1. The van der Waals surface area contributed by atoms with E-state index < -0.39 is 0 Å². The van der Waals surface area contributed by atoms with Crippen LogP contribution in [0.3, 0.4) is 0 Å². The van der Waals surface area contributed by atoms with E-state index in [2.05, 4.69) is 39.4 Å². The SMILES string of the molecule is O=C(Cc1cc(Cl)ccc1Cl)NC1CCc2ccc(Br)cc2C1. The van der Waals surface area contributed by atoms with Crippen LogP contribution in [0.25, 0.3) is 0 Å². The molecule has 0 radical (unpaired) electrons. The van der Waals surface area contributed by atoms with Crippen molar-refractivity contribution in [3.8, 4) is 0 Å². The standard InChI is InChI=1S/C18H16BrCl2NO/c19-14-3-1-11-2-5-16(9-12(11)7-14)22-18(23)10-13-8-15(20)4-6-17(13)21/h1,3-4,6-8,16H,2,5,9-10H2,(H,22,23). The van der Waals surface area contributed by atoms with Gasteiger partial charge in [-0.1, -0.05) is 45.2 Å². The molecule has 2 aromatic carbocycles. The first kappa shape index (κ1) is 16.8. The van der Waals surface area contributed by atoms with E-state index in [1.165, 1.54) is 11.1 Å². The van der Waals surface area contributed by atoms with Gasteiger partial charge in [0.1, 0.15) is 0 Å². The normalized spacial score (nSPS) is 16.7. The molecule has 1 unspecified atom stereocenters. The van der Waals surface area contributed by atoms with Crippen molar-refractivity contribution in [2.24, 2.45) is 0 Å². The van der Waals surface area contributed by atoms with Crippen LogP contribution in [0.1, 0.15) is 23.1 Å². The van der Waals surface area contributed by atoms with Gasteiger partial charge in [0.15, 0.2) is 0 Å². The predicted octanol–water partition coefficient (Wildman–Crippen LogP) is 4.97. The van der Waals surface area contributed by atoms with Gasteiger partial charge in [-0.2, -0.15) is 0 Å². The summed E-state index contributed by atoms with van der Waals surface area (Å²) in [4.78, 5) is 12.3. The highest BCUT2D eigenvalue weighted by Crippen LogP contribution is 2.25. The molecule has 0 saturated heterocycles. The van der Waals surface area contributed by atoms with Crippen LogP contribution >= 0.6 is 39.1 Å². The zero-order valence-corrected chi connectivity index (χ0v) is 15.5. The number of hydrogen-bond acceptors (Lipinski definition) is 1. The third-order valence-electron chi connectivity index (χ3n) is 4.12. The van der Waals surface area contributed by atoms with Gasteiger partial charge < -0.3 is 5.32 Å². The zero-order chi connectivity index (χ0) is 16.4. The molecule has 1 amide bonds.